The van der Waals surface area contributed by atoms with Crippen LogP contribution in [-0.4, -0.2) is 40.2 Å². The number of amides is 2. The number of aryl methyl sites for hydroxylation is 1. The van der Waals surface area contributed by atoms with Crippen LogP contribution < -0.4 is 16.0 Å². The fourth-order valence-electron chi connectivity index (χ4n) is 4.61. The van der Waals surface area contributed by atoms with Gasteiger partial charge in [-0.1, -0.05) is 0 Å². The highest BCUT2D eigenvalue weighted by Gasteiger charge is 2.50. The van der Waals surface area contributed by atoms with Crippen molar-refractivity contribution in [2.45, 2.75) is 37.8 Å². The van der Waals surface area contributed by atoms with Gasteiger partial charge in [0.15, 0.2) is 0 Å². The fourth-order valence-corrected chi connectivity index (χ4v) is 4.61. The Morgan fingerprint density at radius 3 is 2.71 bits per heavy atom. The molecule has 3 fully saturated rings. The largest absolute Gasteiger partial charge is 0.344 e. The van der Waals surface area contributed by atoms with E-state index in [4.69, 9.17) is 5.73 Å². The molecule has 2 heterocycles. The lowest BCUT2D eigenvalue weighted by Gasteiger charge is -2.28. The number of nitrogens with zero attached hydrogens (tertiary/aromatic N) is 3. The second kappa shape index (κ2) is 6.37. The summed E-state index contributed by atoms with van der Waals surface area (Å²) in [6, 6.07) is -0.478. The zero-order valence-corrected chi connectivity index (χ0v) is 14.5. The highest BCUT2D eigenvalue weighted by Crippen LogP contribution is 2.47. The van der Waals surface area contributed by atoms with E-state index in [-0.39, 0.29) is 36.2 Å². The number of aromatic nitrogens is 2. The van der Waals surface area contributed by atoms with Crippen molar-refractivity contribution >= 4 is 29.9 Å². The summed E-state index contributed by atoms with van der Waals surface area (Å²) in [5.74, 6) is 0.691. The normalized spacial score (nSPS) is 34.5. The number of halogens is 1. The number of hydrogen-bond acceptors (Lipinski definition) is 4. The minimum Gasteiger partial charge on any atom is -0.344 e. The molecule has 3 N–H and O–H groups in total. The molecule has 24 heavy (non-hydrogen) atoms. The molecular weight excluding hydrogens is 330 g/mol. The van der Waals surface area contributed by atoms with Crippen LogP contribution in [0.3, 0.4) is 0 Å². The van der Waals surface area contributed by atoms with Gasteiger partial charge >= 0.3 is 0 Å². The minimum atomic E-state index is -0.436. The molecule has 7 nitrogen and oxygen atoms in total. The van der Waals surface area contributed by atoms with Gasteiger partial charge in [-0.15, -0.1) is 12.4 Å². The molecule has 1 aromatic rings. The summed E-state index contributed by atoms with van der Waals surface area (Å²) in [4.78, 5) is 26.9. The number of hydrogen-bond donors (Lipinski definition) is 2. The first kappa shape index (κ1) is 17.2. The number of carbonyl (C=O) groups is 2. The van der Waals surface area contributed by atoms with E-state index in [9.17, 15) is 9.59 Å². The summed E-state index contributed by atoms with van der Waals surface area (Å²) in [7, 11) is 1.82. The molecule has 1 aliphatic heterocycles. The smallest absolute Gasteiger partial charge is 0.249 e. The Bertz CT molecular complexity index is 646. The van der Waals surface area contributed by atoms with Crippen LogP contribution in [0.25, 0.3) is 0 Å². The Kier molecular flexibility index (Phi) is 4.57. The summed E-state index contributed by atoms with van der Waals surface area (Å²) in [6.45, 7) is 0.609. The third kappa shape index (κ3) is 2.69. The summed E-state index contributed by atoms with van der Waals surface area (Å²) in [5.41, 5.74) is 7.01. The van der Waals surface area contributed by atoms with Crippen molar-refractivity contribution in [3.05, 3.63) is 12.4 Å². The van der Waals surface area contributed by atoms with Gasteiger partial charge in [0.1, 0.15) is 6.04 Å². The molecule has 5 atom stereocenters. The van der Waals surface area contributed by atoms with Crippen molar-refractivity contribution < 1.29 is 9.59 Å². The molecule has 0 radical (unpaired) electrons. The van der Waals surface area contributed by atoms with Crippen LogP contribution in [0.5, 0.6) is 0 Å². The number of carbonyl (C=O) groups excluding carboxylic acids is 2. The molecule has 4 rings (SSSR count). The highest BCUT2D eigenvalue weighted by molar-refractivity contribution is 6.01. The second-order valence-electron chi connectivity index (χ2n) is 7.15. The second-order valence-corrected chi connectivity index (χ2v) is 7.15. The SMILES string of the molecule is Cl.Cn1cc(N2CCC(NC(=O)C3C4CCC(C4)C3N)C2=O)cn1. The number of anilines is 1. The first-order valence-corrected chi connectivity index (χ1v) is 8.40. The van der Waals surface area contributed by atoms with Gasteiger partial charge < -0.3 is 16.0 Å². The van der Waals surface area contributed by atoms with E-state index in [1.807, 2.05) is 13.2 Å². The van der Waals surface area contributed by atoms with Crippen molar-refractivity contribution in [3.63, 3.8) is 0 Å². The van der Waals surface area contributed by atoms with Gasteiger partial charge in [-0.2, -0.15) is 5.10 Å². The summed E-state index contributed by atoms with van der Waals surface area (Å²) >= 11 is 0. The number of fused-ring (bicyclic) bond motifs is 2. The number of nitrogens with two attached hydrogens (primary N) is 1. The topological polar surface area (TPSA) is 93.2 Å². The van der Waals surface area contributed by atoms with Crippen LogP contribution in [0, 0.1) is 17.8 Å². The quantitative estimate of drug-likeness (QED) is 0.824. The molecule has 2 bridgehead atoms. The van der Waals surface area contributed by atoms with Crippen LogP contribution in [0.15, 0.2) is 12.4 Å². The zero-order chi connectivity index (χ0) is 16.1. The van der Waals surface area contributed by atoms with E-state index in [1.54, 1.807) is 15.8 Å². The maximum atomic E-state index is 12.6. The molecule has 0 aromatic carbocycles. The van der Waals surface area contributed by atoms with E-state index in [0.29, 0.717) is 24.8 Å². The maximum Gasteiger partial charge on any atom is 0.249 e. The van der Waals surface area contributed by atoms with Gasteiger partial charge in [0, 0.05) is 25.8 Å². The van der Waals surface area contributed by atoms with Crippen LogP contribution in [0.2, 0.25) is 0 Å². The predicted molar refractivity (Wildman–Crippen MR) is 91.7 cm³/mol. The molecule has 2 amide bonds. The van der Waals surface area contributed by atoms with Crippen LogP contribution in [0.1, 0.15) is 25.7 Å². The molecule has 2 saturated carbocycles. The summed E-state index contributed by atoms with van der Waals surface area (Å²) in [6.07, 6.45) is 7.43. The Morgan fingerprint density at radius 1 is 1.33 bits per heavy atom. The Balaban J connectivity index is 0.00000169. The molecule has 5 unspecified atom stereocenters. The molecule has 0 spiro atoms. The molecule has 3 aliphatic rings. The van der Waals surface area contributed by atoms with E-state index < -0.39 is 6.04 Å². The van der Waals surface area contributed by atoms with Gasteiger partial charge in [-0.3, -0.25) is 14.3 Å². The standard InChI is InChI=1S/C16H23N5O2.ClH/c1-20-8-11(7-18-20)21-5-4-12(16(21)23)19-15(22)13-9-2-3-10(6-9)14(13)17;/h7-10,12-14H,2-6,17H2,1H3,(H,19,22);1H. The number of rotatable bonds is 3. The molecule has 2 aliphatic carbocycles. The van der Waals surface area contributed by atoms with Gasteiger partial charge in [-0.25, -0.2) is 0 Å². The van der Waals surface area contributed by atoms with Crippen molar-refractivity contribution in [1.82, 2.24) is 15.1 Å². The van der Waals surface area contributed by atoms with Gasteiger partial charge in [0.2, 0.25) is 11.8 Å². The van der Waals surface area contributed by atoms with E-state index in [2.05, 4.69) is 10.4 Å². The predicted octanol–water partition coefficient (Wildman–Crippen LogP) is 0.437. The van der Waals surface area contributed by atoms with Gasteiger partial charge in [-0.05, 0) is 37.5 Å². The minimum absolute atomic E-state index is 0. The van der Waals surface area contributed by atoms with Crippen LogP contribution in [-0.2, 0) is 16.6 Å². The average molecular weight is 354 g/mol. The van der Waals surface area contributed by atoms with E-state index in [1.165, 1.54) is 0 Å². The molecule has 1 aromatic heterocycles. The Hall–Kier alpha value is -1.60. The first-order chi connectivity index (χ1) is 11.0. The average Bonchev–Trinajstić information content (AvgIpc) is 3.26. The van der Waals surface area contributed by atoms with Crippen molar-refractivity contribution in [2.75, 3.05) is 11.4 Å². The highest BCUT2D eigenvalue weighted by atomic mass is 35.5. The Morgan fingerprint density at radius 2 is 2.08 bits per heavy atom. The molecule has 132 valence electrons. The zero-order valence-electron chi connectivity index (χ0n) is 13.7. The van der Waals surface area contributed by atoms with Gasteiger partial charge in [0.05, 0.1) is 17.8 Å². The monoisotopic (exact) mass is 353 g/mol. The summed E-state index contributed by atoms with van der Waals surface area (Å²) < 4.78 is 1.67. The number of nitrogens with one attached hydrogen (secondary N) is 1. The van der Waals surface area contributed by atoms with E-state index >= 15 is 0 Å². The van der Waals surface area contributed by atoms with Crippen LogP contribution in [0.4, 0.5) is 5.69 Å². The molecular formula is C16H24ClN5O2. The molecule has 8 heteroatoms. The van der Waals surface area contributed by atoms with Crippen molar-refractivity contribution in [2.24, 2.45) is 30.5 Å². The van der Waals surface area contributed by atoms with E-state index in [0.717, 1.165) is 24.9 Å². The lowest BCUT2D eigenvalue weighted by Crippen LogP contribution is -2.50. The first-order valence-electron chi connectivity index (χ1n) is 8.40. The van der Waals surface area contributed by atoms with Crippen LogP contribution >= 0.6 is 12.4 Å². The lowest BCUT2D eigenvalue weighted by atomic mass is 9.84. The summed E-state index contributed by atoms with van der Waals surface area (Å²) in [5, 5.41) is 7.05. The van der Waals surface area contributed by atoms with Gasteiger partial charge in [0.25, 0.3) is 0 Å². The fraction of sp³-hybridized carbons (Fsp3) is 0.688. The Labute approximate surface area is 147 Å². The van der Waals surface area contributed by atoms with Crippen molar-refractivity contribution in [3.8, 4) is 0 Å². The maximum absolute atomic E-state index is 12.6. The lowest BCUT2D eigenvalue weighted by molar-refractivity contribution is -0.130. The third-order valence-corrected chi connectivity index (χ3v) is 5.81. The molecule has 1 saturated heterocycles. The third-order valence-electron chi connectivity index (χ3n) is 5.81. The van der Waals surface area contributed by atoms with Crippen molar-refractivity contribution in [1.29, 1.82) is 0 Å².